The van der Waals surface area contributed by atoms with Crippen LogP contribution in [0.25, 0.3) is 0 Å². The van der Waals surface area contributed by atoms with E-state index < -0.39 is 5.60 Å². The quantitative estimate of drug-likeness (QED) is 0.686. The molecule has 1 fully saturated rings. The molecule has 0 aromatic heterocycles. The third-order valence-electron chi connectivity index (χ3n) is 2.50. The number of piperidine rings is 1. The Morgan fingerprint density at radius 1 is 1.35 bits per heavy atom. The van der Waals surface area contributed by atoms with Gasteiger partial charge in [-0.05, 0) is 78.0 Å². The average Bonchev–Trinajstić information content (AvgIpc) is 2.14. The van der Waals surface area contributed by atoms with Crippen molar-refractivity contribution in [3.05, 3.63) is 9.47 Å². The lowest BCUT2D eigenvalue weighted by Gasteiger charge is -2.35. The van der Waals surface area contributed by atoms with Crippen LogP contribution in [0, 0.1) is 0 Å². The third kappa shape index (κ3) is 5.42. The normalized spacial score (nSPS) is 21.0. The minimum absolute atomic E-state index is 0.118. The van der Waals surface area contributed by atoms with E-state index in [1.54, 1.807) is 4.90 Å². The van der Waals surface area contributed by atoms with E-state index in [-0.39, 0.29) is 12.1 Å². The zero-order valence-electron chi connectivity index (χ0n) is 10.5. The van der Waals surface area contributed by atoms with E-state index >= 15 is 0 Å². The largest absolute Gasteiger partial charge is 0.444 e. The second-order valence-electron chi connectivity index (χ2n) is 5.19. The van der Waals surface area contributed by atoms with Crippen molar-refractivity contribution in [2.75, 3.05) is 6.54 Å². The lowest BCUT2D eigenvalue weighted by Crippen LogP contribution is -2.45. The predicted molar refractivity (Wildman–Crippen MR) is 76.5 cm³/mol. The fourth-order valence-electron chi connectivity index (χ4n) is 1.82. The van der Waals surface area contributed by atoms with Crippen LogP contribution in [-0.4, -0.2) is 29.2 Å². The molecule has 0 saturated carbocycles. The number of likely N-dealkylation sites (tertiary alicyclic amines) is 1. The van der Waals surface area contributed by atoms with E-state index in [1.807, 2.05) is 26.8 Å². The molecule has 5 heteroatoms. The molecule has 1 aliphatic heterocycles. The summed E-state index contributed by atoms with van der Waals surface area (Å²) >= 11 is 6.69. The van der Waals surface area contributed by atoms with Crippen LogP contribution in [0.2, 0.25) is 0 Å². The molecule has 1 amide bonds. The number of amides is 1. The molecule has 1 unspecified atom stereocenters. The molecule has 0 aromatic carbocycles. The van der Waals surface area contributed by atoms with Gasteiger partial charge in [0.1, 0.15) is 5.60 Å². The molecule has 1 saturated heterocycles. The molecule has 0 bridgehead atoms. The van der Waals surface area contributed by atoms with Crippen molar-refractivity contribution in [1.29, 1.82) is 0 Å². The highest BCUT2D eigenvalue weighted by atomic mass is 79.9. The van der Waals surface area contributed by atoms with Gasteiger partial charge in [0.2, 0.25) is 0 Å². The number of hydrogen-bond donors (Lipinski definition) is 0. The number of carbonyl (C=O) groups excluding carboxylic acids is 1. The molecule has 0 aliphatic carbocycles. The highest BCUT2D eigenvalue weighted by Gasteiger charge is 2.29. The van der Waals surface area contributed by atoms with E-state index in [9.17, 15) is 4.79 Å². The topological polar surface area (TPSA) is 29.5 Å². The van der Waals surface area contributed by atoms with Crippen molar-refractivity contribution in [3.63, 3.8) is 0 Å². The first-order valence-corrected chi connectivity index (χ1v) is 7.40. The molecule has 1 atom stereocenters. The molecule has 0 radical (unpaired) electrons. The molecule has 0 aromatic rings. The van der Waals surface area contributed by atoms with Gasteiger partial charge in [-0.2, -0.15) is 0 Å². The summed E-state index contributed by atoms with van der Waals surface area (Å²) in [5.41, 5.74) is -0.436. The van der Waals surface area contributed by atoms with Gasteiger partial charge >= 0.3 is 6.09 Å². The van der Waals surface area contributed by atoms with Crippen LogP contribution >= 0.6 is 31.9 Å². The van der Waals surface area contributed by atoms with Gasteiger partial charge in [-0.15, -0.1) is 0 Å². The fraction of sp³-hybridized carbons (Fsp3) is 0.750. The Kier molecular flexibility index (Phi) is 5.51. The van der Waals surface area contributed by atoms with Crippen LogP contribution in [0.1, 0.15) is 40.0 Å². The summed E-state index contributed by atoms with van der Waals surface area (Å²) in [6.07, 6.45) is 4.96. The summed E-state index contributed by atoms with van der Waals surface area (Å²) in [6, 6.07) is 0.118. The lowest BCUT2D eigenvalue weighted by molar-refractivity contribution is 0.0150. The van der Waals surface area contributed by atoms with Crippen molar-refractivity contribution in [2.45, 2.75) is 51.7 Å². The number of carbonyl (C=O) groups is 1. The maximum atomic E-state index is 12.0. The van der Waals surface area contributed by atoms with Crippen LogP contribution in [0.4, 0.5) is 4.79 Å². The Bertz CT molecular complexity index is 306. The molecule has 3 nitrogen and oxygen atoms in total. The Balaban J connectivity index is 2.71. The summed E-state index contributed by atoms with van der Waals surface area (Å²) in [7, 11) is 0. The second-order valence-corrected chi connectivity index (χ2v) is 7.97. The maximum absolute atomic E-state index is 12.0. The number of nitrogens with zero attached hydrogens (tertiary/aromatic N) is 1. The number of halogens is 2. The molecule has 1 aliphatic rings. The van der Waals surface area contributed by atoms with Crippen molar-refractivity contribution >= 4 is 38.0 Å². The van der Waals surface area contributed by atoms with Crippen molar-refractivity contribution < 1.29 is 9.53 Å². The van der Waals surface area contributed by atoms with Crippen LogP contribution < -0.4 is 0 Å². The van der Waals surface area contributed by atoms with E-state index in [2.05, 4.69) is 31.9 Å². The molecule has 0 spiro atoms. The summed E-state index contributed by atoms with van der Waals surface area (Å²) in [5.74, 6) is 0. The molecule has 0 N–H and O–H groups in total. The molecule has 1 heterocycles. The van der Waals surface area contributed by atoms with Gasteiger partial charge in [0.15, 0.2) is 0 Å². The van der Waals surface area contributed by atoms with Crippen LogP contribution in [0.5, 0.6) is 0 Å². The van der Waals surface area contributed by atoms with Crippen molar-refractivity contribution in [1.82, 2.24) is 4.90 Å². The Morgan fingerprint density at radius 3 is 2.53 bits per heavy atom. The van der Waals surface area contributed by atoms with Crippen molar-refractivity contribution in [2.24, 2.45) is 0 Å². The monoisotopic (exact) mass is 367 g/mol. The predicted octanol–water partition coefficient (Wildman–Crippen LogP) is 4.41. The van der Waals surface area contributed by atoms with Gasteiger partial charge in [-0.1, -0.05) is 0 Å². The van der Waals surface area contributed by atoms with Gasteiger partial charge in [0.05, 0.1) is 9.43 Å². The van der Waals surface area contributed by atoms with E-state index in [1.165, 1.54) is 0 Å². The number of rotatable bonds is 1. The van der Waals surface area contributed by atoms with Gasteiger partial charge in [0, 0.05) is 6.54 Å². The highest BCUT2D eigenvalue weighted by molar-refractivity contribution is 9.28. The molecular formula is C12H19Br2NO2. The van der Waals surface area contributed by atoms with Gasteiger partial charge in [0.25, 0.3) is 0 Å². The minimum Gasteiger partial charge on any atom is -0.444 e. The molecule has 17 heavy (non-hydrogen) atoms. The van der Waals surface area contributed by atoms with Crippen LogP contribution in [0.3, 0.4) is 0 Å². The van der Waals surface area contributed by atoms with E-state index in [0.717, 1.165) is 29.2 Å². The van der Waals surface area contributed by atoms with Gasteiger partial charge < -0.3 is 9.64 Å². The molecule has 1 rings (SSSR count). The number of ether oxygens (including phenoxy) is 1. The lowest BCUT2D eigenvalue weighted by atomic mass is 10.0. The zero-order valence-corrected chi connectivity index (χ0v) is 13.7. The molecular weight excluding hydrogens is 350 g/mol. The first kappa shape index (κ1) is 15.0. The number of hydrogen-bond acceptors (Lipinski definition) is 2. The Labute approximate surface area is 120 Å². The average molecular weight is 369 g/mol. The summed E-state index contributed by atoms with van der Waals surface area (Å²) < 4.78 is 6.30. The smallest absolute Gasteiger partial charge is 0.410 e. The Hall–Kier alpha value is -0.0300. The van der Waals surface area contributed by atoms with Crippen LogP contribution in [0.15, 0.2) is 9.47 Å². The highest BCUT2D eigenvalue weighted by Crippen LogP contribution is 2.24. The first-order chi connectivity index (χ1) is 7.79. The second kappa shape index (κ2) is 6.23. The Morgan fingerprint density at radius 2 is 2.00 bits per heavy atom. The van der Waals surface area contributed by atoms with Gasteiger partial charge in [-0.25, -0.2) is 4.79 Å². The third-order valence-corrected chi connectivity index (χ3v) is 3.02. The van der Waals surface area contributed by atoms with Gasteiger partial charge in [-0.3, -0.25) is 0 Å². The standard InChI is InChI=1S/C12H19Br2NO2/c1-12(2,3)17-11(16)15-7-5-4-6-9(15)8-10(13)14/h8-9H,4-7H2,1-3H3. The van der Waals surface area contributed by atoms with E-state index in [4.69, 9.17) is 4.74 Å². The first-order valence-electron chi connectivity index (χ1n) is 5.82. The molecule has 98 valence electrons. The minimum atomic E-state index is -0.436. The van der Waals surface area contributed by atoms with E-state index in [0.29, 0.717) is 0 Å². The summed E-state index contributed by atoms with van der Waals surface area (Å²) in [6.45, 7) is 6.43. The van der Waals surface area contributed by atoms with Crippen molar-refractivity contribution in [3.8, 4) is 0 Å². The SMILES string of the molecule is CC(C)(C)OC(=O)N1CCCCC1C=C(Br)Br. The summed E-state index contributed by atoms with van der Waals surface area (Å²) in [4.78, 5) is 13.9. The zero-order chi connectivity index (χ0) is 13.1. The van der Waals surface area contributed by atoms with Crippen LogP contribution in [-0.2, 0) is 4.74 Å². The summed E-state index contributed by atoms with van der Waals surface area (Å²) in [5, 5.41) is 0. The fourth-order valence-corrected chi connectivity index (χ4v) is 2.43. The maximum Gasteiger partial charge on any atom is 0.410 e.